The van der Waals surface area contributed by atoms with Crippen LogP contribution in [0.3, 0.4) is 0 Å². The molecule has 0 saturated heterocycles. The summed E-state index contributed by atoms with van der Waals surface area (Å²) < 4.78 is 81.8. The quantitative estimate of drug-likeness (QED) is 0.771. The Morgan fingerprint density at radius 1 is 1.25 bits per heavy atom. The molecule has 0 fully saturated rings. The predicted octanol–water partition coefficient (Wildman–Crippen LogP) is 1.81. The first-order valence-corrected chi connectivity index (χ1v) is 9.32. The van der Waals surface area contributed by atoms with E-state index in [4.69, 9.17) is 8.00 Å². The first-order valence-electron chi connectivity index (χ1n) is 7.44. The fraction of sp³-hybridized carbons (Fsp3) is 0.133. The van der Waals surface area contributed by atoms with Crippen molar-refractivity contribution >= 4 is 26.3 Å². The number of hydrogen-bond donors (Lipinski definition) is 2. The number of nitrogens with zero attached hydrogens (tertiary/aromatic N) is 1. The van der Waals surface area contributed by atoms with Crippen LogP contribution in [0.4, 0.5) is 0 Å². The molecule has 0 radical (unpaired) electrons. The smallest absolute Gasteiger partial charge is 0.285 e. The molecule has 0 amide bonds. The summed E-state index contributed by atoms with van der Waals surface area (Å²) in [7, 11) is -10.7. The van der Waals surface area contributed by atoms with Gasteiger partial charge in [0.15, 0.2) is 0 Å². The summed E-state index contributed by atoms with van der Waals surface area (Å²) >= 11 is 0. The van der Waals surface area contributed by atoms with E-state index in [2.05, 4.69) is 0 Å². The fourth-order valence-electron chi connectivity index (χ4n) is 2.16. The van der Waals surface area contributed by atoms with Crippen LogP contribution in [-0.4, -0.2) is 31.2 Å². The first-order chi connectivity index (χ1) is 11.9. The van der Waals surface area contributed by atoms with Crippen molar-refractivity contribution in [3.05, 3.63) is 64.6 Å². The number of hydrogen-bond acceptors (Lipinski definition) is 5. The Morgan fingerprint density at radius 3 is 2.50 bits per heavy atom. The molecule has 2 unspecified atom stereocenters. The van der Waals surface area contributed by atoms with Crippen molar-refractivity contribution in [1.29, 1.82) is 5.26 Å². The minimum Gasteiger partial charge on any atom is -0.285 e. The SMILES string of the molecule is [3H]c1ccccc1C=CC1C=CC(C#N)=C(S(=O)(=O)O)C1([3H])S(=O)(=O)O. The van der Waals surface area contributed by atoms with Crippen LogP contribution in [0, 0.1) is 17.2 Å². The molecule has 0 aromatic heterocycles. The van der Waals surface area contributed by atoms with Crippen LogP contribution in [0.1, 0.15) is 8.30 Å². The van der Waals surface area contributed by atoms with Gasteiger partial charge in [0.25, 0.3) is 20.2 Å². The van der Waals surface area contributed by atoms with E-state index >= 15 is 0 Å². The van der Waals surface area contributed by atoms with Gasteiger partial charge in [-0.25, -0.2) is 0 Å². The summed E-state index contributed by atoms with van der Waals surface area (Å²) in [4.78, 5) is -1.42. The van der Waals surface area contributed by atoms with Crippen molar-refractivity contribution in [2.24, 2.45) is 5.92 Å². The summed E-state index contributed by atoms with van der Waals surface area (Å²) in [5.41, 5.74) is -0.423. The maximum atomic E-state index is 11.9. The molecule has 1 aromatic rings. The molecule has 7 nitrogen and oxygen atoms in total. The largest absolute Gasteiger partial charge is 0.293 e. The number of allylic oxidation sites excluding steroid dienone is 4. The van der Waals surface area contributed by atoms with Crippen LogP contribution in [0.15, 0.2) is 59.0 Å². The van der Waals surface area contributed by atoms with Crippen molar-refractivity contribution in [2.45, 2.75) is 5.23 Å². The molecule has 0 bridgehead atoms. The molecule has 0 heterocycles. The molecule has 126 valence electrons. The molecule has 2 N–H and O–H groups in total. The van der Waals surface area contributed by atoms with Crippen molar-refractivity contribution in [2.75, 3.05) is 0 Å². The Hall–Kier alpha value is -2.25. The molecule has 0 spiro atoms. The minimum absolute atomic E-state index is 0.0919. The van der Waals surface area contributed by atoms with Crippen LogP contribution in [0.5, 0.6) is 0 Å². The van der Waals surface area contributed by atoms with Gasteiger partial charge in [-0.15, -0.1) is 0 Å². The standard InChI is InChI=1S/C15H13NO6S2/c16-10-13-9-8-12(7-6-11-4-2-1-3-5-11)14(23(17,18)19)15(13)24(20,21)22/h1-9,12,14H,(H,17,18,19)(H,20,21,22)/i4T,14T. The fourth-order valence-corrected chi connectivity index (χ4v) is 4.42. The molecule has 0 saturated carbocycles. The van der Waals surface area contributed by atoms with Crippen LogP contribution >= 0.6 is 0 Å². The van der Waals surface area contributed by atoms with Crippen LogP contribution in [0.25, 0.3) is 6.08 Å². The molecule has 2 atom stereocenters. The van der Waals surface area contributed by atoms with Gasteiger partial charge in [-0.2, -0.15) is 22.1 Å². The second-order valence-electron chi connectivity index (χ2n) is 4.73. The molecule has 1 aromatic carbocycles. The highest BCUT2D eigenvalue weighted by atomic mass is 32.2. The van der Waals surface area contributed by atoms with Crippen molar-refractivity contribution in [3.63, 3.8) is 0 Å². The Kier molecular flexibility index (Phi) is 4.27. The van der Waals surface area contributed by atoms with E-state index in [1.807, 2.05) is 0 Å². The maximum Gasteiger partial charge on any atom is 0.293 e. The van der Waals surface area contributed by atoms with E-state index in [-0.39, 0.29) is 6.04 Å². The van der Waals surface area contributed by atoms with E-state index in [1.165, 1.54) is 24.3 Å². The topological polar surface area (TPSA) is 133 Å². The number of rotatable bonds is 4. The molecule has 2 rings (SSSR count). The Labute approximate surface area is 142 Å². The Bertz CT molecular complexity index is 1080. The van der Waals surface area contributed by atoms with Gasteiger partial charge in [-0.1, -0.05) is 48.5 Å². The van der Waals surface area contributed by atoms with Gasteiger partial charge >= 0.3 is 0 Å². The summed E-state index contributed by atoms with van der Waals surface area (Å²) in [6.45, 7) is 0. The summed E-state index contributed by atoms with van der Waals surface area (Å²) in [6, 6.07) is 7.70. The Balaban J connectivity index is 2.70. The summed E-state index contributed by atoms with van der Waals surface area (Å²) in [5.74, 6) is -1.55. The molecule has 1 aliphatic rings. The van der Waals surface area contributed by atoms with Crippen LogP contribution in [0.2, 0.25) is 0 Å². The third-order valence-corrected chi connectivity index (χ3v) is 5.23. The van der Waals surface area contributed by atoms with Crippen molar-refractivity contribution < 1.29 is 28.7 Å². The van der Waals surface area contributed by atoms with E-state index in [9.17, 15) is 25.9 Å². The molecular weight excluding hydrogens is 354 g/mol. The van der Waals surface area contributed by atoms with Gasteiger partial charge in [0.1, 0.15) is 16.2 Å². The lowest BCUT2D eigenvalue weighted by molar-refractivity contribution is 0.458. The van der Waals surface area contributed by atoms with Gasteiger partial charge in [-0.3, -0.25) is 9.11 Å². The number of nitriles is 1. The summed E-state index contributed by atoms with van der Waals surface area (Å²) in [6.07, 6.45) is 4.38. The molecule has 1 aliphatic carbocycles. The van der Waals surface area contributed by atoms with Gasteiger partial charge in [-0.05, 0) is 11.6 Å². The van der Waals surface area contributed by atoms with E-state index < -0.39 is 41.9 Å². The first kappa shape index (κ1) is 15.3. The summed E-state index contributed by atoms with van der Waals surface area (Å²) in [5, 5.41) is 5.76. The maximum absolute atomic E-state index is 11.9. The molecule has 9 heteroatoms. The lowest BCUT2D eigenvalue weighted by Crippen LogP contribution is -2.35. The normalized spacial score (nSPS) is 26.1. The monoisotopic (exact) mass is 371 g/mol. The van der Waals surface area contributed by atoms with Gasteiger partial charge in [0.05, 0.1) is 8.31 Å². The molecule has 0 aliphatic heterocycles. The highest BCUT2D eigenvalue weighted by Crippen LogP contribution is 2.33. The zero-order valence-electron chi connectivity index (χ0n) is 14.0. The zero-order valence-corrected chi connectivity index (χ0v) is 13.6. The zero-order chi connectivity index (χ0) is 19.8. The van der Waals surface area contributed by atoms with Gasteiger partial charge in [0.2, 0.25) is 0 Å². The minimum atomic E-state index is -5.40. The predicted molar refractivity (Wildman–Crippen MR) is 87.6 cm³/mol. The van der Waals surface area contributed by atoms with Crippen LogP contribution < -0.4 is 0 Å². The number of benzene rings is 1. The third-order valence-electron chi connectivity index (χ3n) is 3.11. The van der Waals surface area contributed by atoms with Gasteiger partial charge in [0, 0.05) is 5.92 Å². The lowest BCUT2D eigenvalue weighted by Gasteiger charge is -2.24. The second-order valence-corrected chi connectivity index (χ2v) is 7.48. The van der Waals surface area contributed by atoms with E-state index in [0.29, 0.717) is 5.56 Å². The van der Waals surface area contributed by atoms with Crippen molar-refractivity contribution in [1.82, 2.24) is 0 Å². The second kappa shape index (κ2) is 6.70. The third kappa shape index (κ3) is 3.98. The van der Waals surface area contributed by atoms with E-state index in [0.717, 1.165) is 18.2 Å². The average Bonchev–Trinajstić information content (AvgIpc) is 2.52. The lowest BCUT2D eigenvalue weighted by atomic mass is 9.95. The van der Waals surface area contributed by atoms with Crippen LogP contribution in [-0.2, 0) is 20.2 Å². The Morgan fingerprint density at radius 2 is 1.96 bits per heavy atom. The molecule has 24 heavy (non-hydrogen) atoms. The van der Waals surface area contributed by atoms with Crippen molar-refractivity contribution in [3.8, 4) is 6.07 Å². The molecular formula is C15H13NO6S2. The van der Waals surface area contributed by atoms with Gasteiger partial charge < -0.3 is 0 Å². The van der Waals surface area contributed by atoms with E-state index in [1.54, 1.807) is 12.1 Å². The average molecular weight is 371 g/mol. The highest BCUT2D eigenvalue weighted by Gasteiger charge is 2.42. The highest BCUT2D eigenvalue weighted by molar-refractivity contribution is 7.93.